The van der Waals surface area contributed by atoms with Crippen LogP contribution in [0.15, 0.2) is 23.2 Å². The summed E-state index contributed by atoms with van der Waals surface area (Å²) in [6.07, 6.45) is 1.56. The summed E-state index contributed by atoms with van der Waals surface area (Å²) in [6.45, 7) is 4.38. The summed E-state index contributed by atoms with van der Waals surface area (Å²) in [5.41, 5.74) is 2.31. The van der Waals surface area contributed by atoms with Gasteiger partial charge in [-0.25, -0.2) is 12.7 Å². The van der Waals surface area contributed by atoms with Crippen molar-refractivity contribution in [2.24, 2.45) is 4.99 Å². The Morgan fingerprint density at radius 3 is 2.65 bits per heavy atom. The number of halogens is 1. The molecule has 0 bridgehead atoms. The Hall–Kier alpha value is -1.07. The smallest absolute Gasteiger partial charge is 0.214 e. The zero-order chi connectivity index (χ0) is 18.3. The maximum absolute atomic E-state index is 11.8. The first kappa shape index (κ1) is 23.0. The Morgan fingerprint density at radius 2 is 2.04 bits per heavy atom. The van der Waals surface area contributed by atoms with E-state index in [-0.39, 0.29) is 29.7 Å². The lowest BCUT2D eigenvalue weighted by Gasteiger charge is -2.16. The Kier molecular flexibility index (Phi) is 9.66. The van der Waals surface area contributed by atoms with Gasteiger partial charge in [-0.05, 0) is 37.0 Å². The van der Waals surface area contributed by atoms with Gasteiger partial charge >= 0.3 is 0 Å². The molecule has 0 saturated carbocycles. The van der Waals surface area contributed by atoms with Crippen LogP contribution < -0.4 is 15.4 Å². The second-order valence-electron chi connectivity index (χ2n) is 6.05. The summed E-state index contributed by atoms with van der Waals surface area (Å²) < 4.78 is 30.4. The minimum Gasteiger partial charge on any atom is -0.496 e. The topological polar surface area (TPSA) is 83.0 Å². The van der Waals surface area contributed by atoms with Crippen LogP contribution in [0.4, 0.5) is 0 Å². The van der Waals surface area contributed by atoms with E-state index in [9.17, 15) is 8.42 Å². The van der Waals surface area contributed by atoms with Crippen LogP contribution in [0, 0.1) is 6.92 Å². The molecule has 0 radical (unpaired) electrons. The van der Waals surface area contributed by atoms with Crippen molar-refractivity contribution in [3.63, 3.8) is 0 Å². The molecule has 26 heavy (non-hydrogen) atoms. The maximum Gasteiger partial charge on any atom is 0.214 e. The quantitative estimate of drug-likeness (QED) is 0.339. The number of hydrogen-bond donors (Lipinski definition) is 2. The molecule has 2 N–H and O–H groups in total. The van der Waals surface area contributed by atoms with E-state index in [1.165, 1.54) is 9.87 Å². The van der Waals surface area contributed by atoms with Crippen LogP contribution in [0.3, 0.4) is 0 Å². The summed E-state index contributed by atoms with van der Waals surface area (Å²) in [6, 6.07) is 6.19. The van der Waals surface area contributed by atoms with Crippen molar-refractivity contribution in [2.75, 3.05) is 46.1 Å². The maximum atomic E-state index is 11.8. The monoisotopic (exact) mass is 496 g/mol. The molecule has 1 fully saturated rings. The van der Waals surface area contributed by atoms with E-state index in [4.69, 9.17) is 4.74 Å². The molecule has 7 nitrogen and oxygen atoms in total. The first-order valence-corrected chi connectivity index (χ1v) is 10.1. The number of nitrogens with one attached hydrogen (secondary N) is 2. The number of ether oxygens (including phenoxy) is 1. The average molecular weight is 496 g/mol. The molecular formula is C17H29IN4O3S. The number of sulfonamides is 1. The zero-order valence-corrected chi connectivity index (χ0v) is 18.8. The molecule has 0 unspecified atom stereocenters. The van der Waals surface area contributed by atoms with Gasteiger partial charge in [-0.1, -0.05) is 12.1 Å². The van der Waals surface area contributed by atoms with Crippen molar-refractivity contribution in [3.8, 4) is 5.75 Å². The van der Waals surface area contributed by atoms with Gasteiger partial charge in [0, 0.05) is 33.2 Å². The van der Waals surface area contributed by atoms with Crippen molar-refractivity contribution in [1.82, 2.24) is 14.9 Å². The molecule has 1 heterocycles. The number of methoxy groups -OCH3 is 1. The van der Waals surface area contributed by atoms with Gasteiger partial charge in [-0.15, -0.1) is 24.0 Å². The highest BCUT2D eigenvalue weighted by atomic mass is 127. The number of rotatable bonds is 7. The first-order chi connectivity index (χ1) is 12.0. The lowest BCUT2D eigenvalue weighted by Crippen LogP contribution is -2.42. The molecule has 1 aliphatic heterocycles. The summed E-state index contributed by atoms with van der Waals surface area (Å²) in [4.78, 5) is 4.17. The Morgan fingerprint density at radius 1 is 1.31 bits per heavy atom. The van der Waals surface area contributed by atoms with Crippen LogP contribution in [0.2, 0.25) is 0 Å². The molecular weight excluding hydrogens is 467 g/mol. The summed E-state index contributed by atoms with van der Waals surface area (Å²) in [7, 11) is 0.349. The standard InChI is InChI=1S/C17H28N4O3S.HI/c1-14-5-6-15(13-16(14)24-3)7-8-19-17(18-2)20-9-11-21-10-4-12-25(21,22)23;/h5-6,13H,4,7-12H2,1-3H3,(H2,18,19,20);1H. The highest BCUT2D eigenvalue weighted by Gasteiger charge is 2.27. The summed E-state index contributed by atoms with van der Waals surface area (Å²) in [5, 5.41) is 6.41. The molecule has 1 saturated heterocycles. The predicted molar refractivity (Wildman–Crippen MR) is 116 cm³/mol. The third-order valence-electron chi connectivity index (χ3n) is 4.26. The van der Waals surface area contributed by atoms with Crippen molar-refractivity contribution < 1.29 is 13.2 Å². The van der Waals surface area contributed by atoms with E-state index in [2.05, 4.69) is 27.8 Å². The molecule has 1 aliphatic rings. The molecule has 0 spiro atoms. The van der Waals surface area contributed by atoms with E-state index in [1.54, 1.807) is 14.2 Å². The van der Waals surface area contributed by atoms with Gasteiger partial charge in [-0.2, -0.15) is 0 Å². The van der Waals surface area contributed by atoms with Gasteiger partial charge in [0.2, 0.25) is 10.0 Å². The minimum atomic E-state index is -3.03. The van der Waals surface area contributed by atoms with Crippen molar-refractivity contribution in [2.45, 2.75) is 19.8 Å². The van der Waals surface area contributed by atoms with Crippen LogP contribution in [0.25, 0.3) is 0 Å². The normalized spacial score (nSPS) is 16.8. The molecule has 0 aliphatic carbocycles. The molecule has 148 valence electrons. The fourth-order valence-electron chi connectivity index (χ4n) is 2.81. The van der Waals surface area contributed by atoms with Crippen molar-refractivity contribution >= 4 is 40.0 Å². The predicted octanol–water partition coefficient (Wildman–Crippen LogP) is 1.36. The van der Waals surface area contributed by atoms with Gasteiger partial charge < -0.3 is 15.4 Å². The van der Waals surface area contributed by atoms with Gasteiger partial charge in [0.1, 0.15) is 5.75 Å². The van der Waals surface area contributed by atoms with Crippen LogP contribution in [-0.4, -0.2) is 64.8 Å². The van der Waals surface area contributed by atoms with E-state index in [0.29, 0.717) is 25.6 Å². The third kappa shape index (κ3) is 6.58. The number of aryl methyl sites for hydroxylation is 1. The van der Waals surface area contributed by atoms with Crippen molar-refractivity contribution in [1.29, 1.82) is 0 Å². The lowest BCUT2D eigenvalue weighted by molar-refractivity contribution is 0.411. The molecule has 0 amide bonds. The Labute approximate surface area is 173 Å². The van der Waals surface area contributed by atoms with Gasteiger partial charge in [0.25, 0.3) is 0 Å². The van der Waals surface area contributed by atoms with Crippen LogP contribution in [0.1, 0.15) is 17.5 Å². The highest BCUT2D eigenvalue weighted by Crippen LogP contribution is 2.19. The fourth-order valence-corrected chi connectivity index (χ4v) is 4.34. The summed E-state index contributed by atoms with van der Waals surface area (Å²) in [5.74, 6) is 1.84. The van der Waals surface area contributed by atoms with Crippen LogP contribution >= 0.6 is 24.0 Å². The van der Waals surface area contributed by atoms with Gasteiger partial charge in [0.15, 0.2) is 5.96 Å². The number of nitrogens with zero attached hydrogens (tertiary/aromatic N) is 2. The SMILES string of the molecule is CN=C(NCCc1ccc(C)c(OC)c1)NCCN1CCCS1(=O)=O.I. The Bertz CT molecular complexity index is 710. The second kappa shape index (κ2) is 10.9. The number of guanidine groups is 1. The van der Waals surface area contributed by atoms with Crippen LogP contribution in [0.5, 0.6) is 5.75 Å². The largest absolute Gasteiger partial charge is 0.496 e. The molecule has 2 rings (SSSR count). The molecule has 1 aromatic rings. The zero-order valence-electron chi connectivity index (χ0n) is 15.6. The van der Waals surface area contributed by atoms with Crippen LogP contribution in [-0.2, 0) is 16.4 Å². The lowest BCUT2D eigenvalue weighted by atomic mass is 10.1. The fraction of sp³-hybridized carbons (Fsp3) is 0.588. The van der Waals surface area contributed by atoms with E-state index < -0.39 is 10.0 Å². The Balaban J connectivity index is 0.00000338. The number of hydrogen-bond acceptors (Lipinski definition) is 4. The van der Waals surface area contributed by atoms with E-state index >= 15 is 0 Å². The summed E-state index contributed by atoms with van der Waals surface area (Å²) >= 11 is 0. The highest BCUT2D eigenvalue weighted by molar-refractivity contribution is 14.0. The first-order valence-electron chi connectivity index (χ1n) is 8.52. The number of benzene rings is 1. The third-order valence-corrected chi connectivity index (χ3v) is 6.22. The minimum absolute atomic E-state index is 0. The number of aliphatic imine (C=N–C) groups is 1. The van der Waals surface area contributed by atoms with Gasteiger partial charge in [0.05, 0.1) is 12.9 Å². The van der Waals surface area contributed by atoms with E-state index in [0.717, 1.165) is 30.7 Å². The van der Waals surface area contributed by atoms with Gasteiger partial charge in [-0.3, -0.25) is 4.99 Å². The van der Waals surface area contributed by atoms with E-state index in [1.807, 2.05) is 13.0 Å². The average Bonchev–Trinajstić information content (AvgIpc) is 2.93. The molecule has 0 aromatic heterocycles. The molecule has 0 atom stereocenters. The molecule has 1 aromatic carbocycles. The second-order valence-corrected chi connectivity index (χ2v) is 8.14. The van der Waals surface area contributed by atoms with Crippen molar-refractivity contribution in [3.05, 3.63) is 29.3 Å². The molecule has 9 heteroatoms.